The first-order valence-electron chi connectivity index (χ1n) is 6.41. The molecule has 17 heavy (non-hydrogen) atoms. The van der Waals surface area contributed by atoms with Gasteiger partial charge in [-0.15, -0.1) is 0 Å². The fourth-order valence-corrected chi connectivity index (χ4v) is 3.57. The topological polar surface area (TPSA) is 52.6 Å². The van der Waals surface area contributed by atoms with E-state index in [1.807, 2.05) is 6.92 Å². The van der Waals surface area contributed by atoms with E-state index in [1.54, 1.807) is 0 Å². The van der Waals surface area contributed by atoms with Crippen LogP contribution in [0.15, 0.2) is 0 Å². The van der Waals surface area contributed by atoms with Crippen molar-refractivity contribution >= 4 is 11.6 Å². The van der Waals surface area contributed by atoms with Crippen LogP contribution in [0.3, 0.4) is 0 Å². The van der Waals surface area contributed by atoms with Crippen molar-refractivity contribution in [3.8, 4) is 0 Å². The average Bonchev–Trinajstić information content (AvgIpc) is 2.76. The predicted octanol–water partition coefficient (Wildman–Crippen LogP) is 1.47. The predicted molar refractivity (Wildman–Crippen MR) is 59.3 cm³/mol. The number of rotatable bonds is 0. The van der Waals surface area contributed by atoms with Crippen molar-refractivity contribution in [2.75, 3.05) is 13.2 Å². The lowest BCUT2D eigenvalue weighted by molar-refractivity contribution is -0.209. The Balaban J connectivity index is 1.85. The van der Waals surface area contributed by atoms with Crippen LogP contribution in [0.1, 0.15) is 39.0 Å². The monoisotopic (exact) mass is 238 g/mol. The third-order valence-electron chi connectivity index (χ3n) is 4.79. The van der Waals surface area contributed by atoms with Crippen LogP contribution in [0, 0.1) is 11.3 Å². The molecule has 2 atom stereocenters. The highest BCUT2D eigenvalue weighted by Crippen LogP contribution is 2.52. The number of ether oxygens (including phenoxy) is 2. The highest BCUT2D eigenvalue weighted by atomic mass is 16.7. The van der Waals surface area contributed by atoms with Gasteiger partial charge in [0, 0.05) is 24.7 Å². The summed E-state index contributed by atoms with van der Waals surface area (Å²) in [4.78, 5) is 23.6. The molecule has 2 saturated carbocycles. The molecule has 2 aliphatic carbocycles. The summed E-state index contributed by atoms with van der Waals surface area (Å²) in [5.74, 6) is -0.570. The summed E-state index contributed by atoms with van der Waals surface area (Å²) >= 11 is 0. The average molecular weight is 238 g/mol. The molecule has 94 valence electrons. The molecule has 0 aromatic rings. The first-order chi connectivity index (χ1) is 8.06. The summed E-state index contributed by atoms with van der Waals surface area (Å²) in [6.45, 7) is 3.24. The minimum absolute atomic E-state index is 0.165. The number of hydrogen-bond donors (Lipinski definition) is 0. The van der Waals surface area contributed by atoms with Crippen molar-refractivity contribution in [1.82, 2.24) is 0 Å². The molecule has 0 radical (unpaired) electrons. The zero-order valence-corrected chi connectivity index (χ0v) is 10.2. The quantitative estimate of drug-likeness (QED) is 0.600. The molecular formula is C13H18O4. The van der Waals surface area contributed by atoms with Crippen LogP contribution in [0.5, 0.6) is 0 Å². The maximum absolute atomic E-state index is 12.1. The molecule has 4 nitrogen and oxygen atoms in total. The third kappa shape index (κ3) is 1.58. The first kappa shape index (κ1) is 11.4. The van der Waals surface area contributed by atoms with Gasteiger partial charge in [0.05, 0.1) is 13.2 Å². The Hall–Kier alpha value is -0.740. The van der Waals surface area contributed by atoms with Gasteiger partial charge >= 0.3 is 0 Å². The van der Waals surface area contributed by atoms with Crippen LogP contribution >= 0.6 is 0 Å². The second kappa shape index (κ2) is 3.62. The van der Waals surface area contributed by atoms with Crippen molar-refractivity contribution in [3.05, 3.63) is 0 Å². The molecule has 1 saturated heterocycles. The van der Waals surface area contributed by atoms with Gasteiger partial charge in [-0.05, 0) is 18.8 Å². The van der Waals surface area contributed by atoms with Crippen molar-refractivity contribution < 1.29 is 19.1 Å². The molecule has 0 bridgehead atoms. The Kier molecular flexibility index (Phi) is 2.42. The Morgan fingerprint density at radius 2 is 1.88 bits per heavy atom. The van der Waals surface area contributed by atoms with Crippen molar-refractivity contribution in [2.45, 2.75) is 44.8 Å². The molecule has 0 N–H and O–H groups in total. The van der Waals surface area contributed by atoms with E-state index >= 15 is 0 Å². The van der Waals surface area contributed by atoms with E-state index in [0.29, 0.717) is 26.1 Å². The van der Waals surface area contributed by atoms with Crippen molar-refractivity contribution in [1.29, 1.82) is 0 Å². The Labute approximate surface area is 101 Å². The minimum atomic E-state index is -0.462. The number of Topliss-reactive ketones (excluding diaryl/α,β-unsaturated/α-hetero) is 2. The van der Waals surface area contributed by atoms with Gasteiger partial charge in [-0.3, -0.25) is 9.59 Å². The molecule has 3 fully saturated rings. The normalized spacial score (nSPS) is 40.6. The van der Waals surface area contributed by atoms with E-state index in [4.69, 9.17) is 9.47 Å². The molecule has 1 unspecified atom stereocenters. The fraction of sp³-hybridized carbons (Fsp3) is 0.846. The van der Waals surface area contributed by atoms with Crippen LogP contribution < -0.4 is 0 Å². The number of fused-ring (bicyclic) bond motifs is 1. The Bertz CT molecular complexity index is 370. The number of hydrogen-bond acceptors (Lipinski definition) is 4. The molecule has 1 heterocycles. The maximum Gasteiger partial charge on any atom is 0.204 e. The van der Waals surface area contributed by atoms with Gasteiger partial charge in [0.15, 0.2) is 11.6 Å². The molecule has 1 spiro atoms. The number of ketones is 2. The van der Waals surface area contributed by atoms with Crippen LogP contribution in [-0.2, 0) is 19.1 Å². The zero-order chi connectivity index (χ0) is 12.1. The van der Waals surface area contributed by atoms with E-state index in [9.17, 15) is 9.59 Å². The highest BCUT2D eigenvalue weighted by molar-refractivity contribution is 6.39. The Morgan fingerprint density at radius 3 is 2.59 bits per heavy atom. The van der Waals surface area contributed by atoms with Crippen molar-refractivity contribution in [3.63, 3.8) is 0 Å². The smallest absolute Gasteiger partial charge is 0.204 e. The largest absolute Gasteiger partial charge is 0.348 e. The molecule has 1 aliphatic heterocycles. The van der Waals surface area contributed by atoms with E-state index in [1.165, 1.54) is 0 Å². The van der Waals surface area contributed by atoms with E-state index in [-0.39, 0.29) is 17.5 Å². The number of carbonyl (C=O) groups excluding carboxylic acids is 2. The van der Waals surface area contributed by atoms with Crippen LogP contribution in [0.25, 0.3) is 0 Å². The fourth-order valence-electron chi connectivity index (χ4n) is 3.57. The lowest BCUT2D eigenvalue weighted by Gasteiger charge is -2.48. The SMILES string of the molecule is C[C@]12CCC3(CC1CCC(=O)C2=O)OCCO3. The van der Waals surface area contributed by atoms with Gasteiger partial charge in [0.1, 0.15) is 0 Å². The van der Waals surface area contributed by atoms with Crippen LogP contribution in [0.2, 0.25) is 0 Å². The highest BCUT2D eigenvalue weighted by Gasteiger charge is 2.55. The van der Waals surface area contributed by atoms with E-state index in [2.05, 4.69) is 0 Å². The van der Waals surface area contributed by atoms with E-state index < -0.39 is 11.2 Å². The summed E-state index contributed by atoms with van der Waals surface area (Å²) in [5.41, 5.74) is -0.462. The third-order valence-corrected chi connectivity index (χ3v) is 4.79. The summed E-state index contributed by atoms with van der Waals surface area (Å²) in [5, 5.41) is 0. The van der Waals surface area contributed by atoms with Crippen LogP contribution in [-0.4, -0.2) is 30.6 Å². The molecule has 0 aromatic carbocycles. The summed E-state index contributed by atoms with van der Waals surface area (Å²) in [6.07, 6.45) is 3.41. The lowest BCUT2D eigenvalue weighted by Crippen LogP contribution is -2.52. The van der Waals surface area contributed by atoms with Gasteiger partial charge in [0.25, 0.3) is 0 Å². The molecule has 0 amide bonds. The minimum Gasteiger partial charge on any atom is -0.348 e. The molecule has 3 rings (SSSR count). The van der Waals surface area contributed by atoms with Crippen molar-refractivity contribution in [2.24, 2.45) is 11.3 Å². The lowest BCUT2D eigenvalue weighted by atomic mass is 9.58. The van der Waals surface area contributed by atoms with Gasteiger partial charge in [-0.1, -0.05) is 6.92 Å². The van der Waals surface area contributed by atoms with E-state index in [0.717, 1.165) is 19.3 Å². The second-order valence-electron chi connectivity index (χ2n) is 5.72. The first-order valence-corrected chi connectivity index (χ1v) is 6.41. The summed E-state index contributed by atoms with van der Waals surface area (Å²) < 4.78 is 11.4. The summed E-state index contributed by atoms with van der Waals surface area (Å²) in [7, 11) is 0. The number of carbonyl (C=O) groups is 2. The van der Waals surface area contributed by atoms with Gasteiger partial charge < -0.3 is 9.47 Å². The van der Waals surface area contributed by atoms with Crippen LogP contribution in [0.4, 0.5) is 0 Å². The standard InChI is InChI=1S/C13H18O4/c1-12-4-5-13(16-6-7-17-13)8-9(12)2-3-10(14)11(12)15/h9H,2-8H2,1H3/t9?,12-/m0/s1. The molecule has 3 aliphatic rings. The molecule has 0 aromatic heterocycles. The van der Waals surface area contributed by atoms with Gasteiger partial charge in [-0.2, -0.15) is 0 Å². The Morgan fingerprint density at radius 1 is 1.18 bits per heavy atom. The van der Waals surface area contributed by atoms with Gasteiger partial charge in [-0.25, -0.2) is 0 Å². The molecule has 4 heteroatoms. The summed E-state index contributed by atoms with van der Waals surface area (Å²) in [6, 6.07) is 0. The molecular weight excluding hydrogens is 220 g/mol. The second-order valence-corrected chi connectivity index (χ2v) is 5.72. The zero-order valence-electron chi connectivity index (χ0n) is 10.2. The van der Waals surface area contributed by atoms with Gasteiger partial charge in [0.2, 0.25) is 5.78 Å². The maximum atomic E-state index is 12.1.